The Labute approximate surface area is 151 Å². The Hall–Kier alpha value is -2.86. The standard InChI is InChI=1S/C20H20N4O2/c1-13-10-24-11-18(23-20(24)9-22-13)15-6-14-2-3-16(7-19(14)25-12-15)26-17-4-5-21-8-17/h2-3,6-7,9-11,17,21H,4-5,8,12H2,1H3/t17-/m1/s1. The summed E-state index contributed by atoms with van der Waals surface area (Å²) in [5, 5.41) is 3.31. The third-order valence-corrected chi connectivity index (χ3v) is 4.82. The lowest BCUT2D eigenvalue weighted by Gasteiger charge is -2.19. The maximum Gasteiger partial charge on any atom is 0.155 e. The van der Waals surface area contributed by atoms with Gasteiger partial charge >= 0.3 is 0 Å². The quantitative estimate of drug-likeness (QED) is 0.789. The summed E-state index contributed by atoms with van der Waals surface area (Å²) in [7, 11) is 0. The summed E-state index contributed by atoms with van der Waals surface area (Å²) in [6, 6.07) is 6.04. The van der Waals surface area contributed by atoms with E-state index in [-0.39, 0.29) is 6.10 Å². The normalized spacial score (nSPS) is 19.1. The van der Waals surface area contributed by atoms with E-state index in [4.69, 9.17) is 9.47 Å². The molecule has 3 aromatic rings. The Morgan fingerprint density at radius 1 is 1.31 bits per heavy atom. The van der Waals surface area contributed by atoms with Crippen LogP contribution in [0.4, 0.5) is 0 Å². The molecule has 0 amide bonds. The van der Waals surface area contributed by atoms with Gasteiger partial charge in [0, 0.05) is 36.1 Å². The van der Waals surface area contributed by atoms with Crippen molar-refractivity contribution in [3.8, 4) is 11.5 Å². The zero-order valence-electron chi connectivity index (χ0n) is 14.6. The second-order valence-electron chi connectivity index (χ2n) is 6.81. The van der Waals surface area contributed by atoms with Gasteiger partial charge in [0.25, 0.3) is 0 Å². The van der Waals surface area contributed by atoms with Gasteiger partial charge in [0.15, 0.2) is 5.65 Å². The number of benzene rings is 1. The van der Waals surface area contributed by atoms with E-state index in [9.17, 15) is 0 Å². The highest BCUT2D eigenvalue weighted by Gasteiger charge is 2.19. The SMILES string of the molecule is Cc1cn2cc(C3=Cc4ccc(O[C@@H]5CCNC5)cc4OC3)nc2cn1. The monoisotopic (exact) mass is 348 g/mol. The van der Waals surface area contributed by atoms with Crippen LogP contribution in [0.25, 0.3) is 17.3 Å². The van der Waals surface area contributed by atoms with Crippen LogP contribution in [0.1, 0.15) is 23.4 Å². The molecule has 6 nitrogen and oxygen atoms in total. The molecule has 1 saturated heterocycles. The van der Waals surface area contributed by atoms with Crippen molar-refractivity contribution < 1.29 is 9.47 Å². The van der Waals surface area contributed by atoms with Crippen molar-refractivity contribution in [3.63, 3.8) is 0 Å². The number of fused-ring (bicyclic) bond motifs is 2. The van der Waals surface area contributed by atoms with Crippen LogP contribution >= 0.6 is 0 Å². The molecule has 0 spiro atoms. The molecule has 1 fully saturated rings. The average molecular weight is 348 g/mol. The molecule has 132 valence electrons. The third-order valence-electron chi connectivity index (χ3n) is 4.82. The highest BCUT2D eigenvalue weighted by molar-refractivity contribution is 5.85. The lowest BCUT2D eigenvalue weighted by Crippen LogP contribution is -2.19. The topological polar surface area (TPSA) is 60.7 Å². The van der Waals surface area contributed by atoms with E-state index >= 15 is 0 Å². The van der Waals surface area contributed by atoms with E-state index < -0.39 is 0 Å². The number of rotatable bonds is 3. The van der Waals surface area contributed by atoms with Crippen LogP contribution in [0.3, 0.4) is 0 Å². The number of ether oxygens (including phenoxy) is 2. The molecule has 26 heavy (non-hydrogen) atoms. The first-order valence-electron chi connectivity index (χ1n) is 8.91. The van der Waals surface area contributed by atoms with E-state index in [1.165, 1.54) is 0 Å². The number of hydrogen-bond donors (Lipinski definition) is 1. The van der Waals surface area contributed by atoms with Gasteiger partial charge in [0.1, 0.15) is 24.2 Å². The summed E-state index contributed by atoms with van der Waals surface area (Å²) < 4.78 is 14.0. The molecule has 0 bridgehead atoms. The molecule has 1 aromatic carbocycles. The molecule has 1 N–H and O–H groups in total. The molecule has 5 rings (SSSR count). The summed E-state index contributed by atoms with van der Waals surface area (Å²) in [6.07, 6.45) is 9.22. The van der Waals surface area contributed by atoms with Crippen LogP contribution < -0.4 is 14.8 Å². The van der Waals surface area contributed by atoms with Crippen molar-refractivity contribution >= 4 is 17.3 Å². The van der Waals surface area contributed by atoms with Crippen LogP contribution in [-0.2, 0) is 0 Å². The predicted octanol–water partition coefficient (Wildman–Crippen LogP) is 2.71. The fourth-order valence-corrected chi connectivity index (χ4v) is 3.44. The molecule has 0 unspecified atom stereocenters. The summed E-state index contributed by atoms with van der Waals surface area (Å²) in [5.74, 6) is 1.72. The van der Waals surface area contributed by atoms with Crippen LogP contribution in [0.2, 0.25) is 0 Å². The first-order valence-corrected chi connectivity index (χ1v) is 8.91. The van der Waals surface area contributed by atoms with E-state index in [1.54, 1.807) is 6.20 Å². The van der Waals surface area contributed by atoms with Crippen molar-refractivity contribution in [3.05, 3.63) is 53.7 Å². The van der Waals surface area contributed by atoms with Crippen LogP contribution in [0.5, 0.6) is 11.5 Å². The average Bonchev–Trinajstić information content (AvgIpc) is 3.30. The van der Waals surface area contributed by atoms with Gasteiger partial charge in [-0.15, -0.1) is 0 Å². The van der Waals surface area contributed by atoms with E-state index in [2.05, 4.69) is 21.4 Å². The largest absolute Gasteiger partial charge is 0.489 e. The Kier molecular flexibility index (Phi) is 3.64. The lowest BCUT2D eigenvalue weighted by molar-refractivity contribution is 0.221. The van der Waals surface area contributed by atoms with Crippen LogP contribution in [-0.4, -0.2) is 40.2 Å². The fraction of sp³-hybridized carbons (Fsp3) is 0.300. The van der Waals surface area contributed by atoms with Gasteiger partial charge < -0.3 is 19.2 Å². The minimum absolute atomic E-state index is 0.248. The fourth-order valence-electron chi connectivity index (χ4n) is 3.44. The molecule has 6 heteroatoms. The Morgan fingerprint density at radius 3 is 3.15 bits per heavy atom. The van der Waals surface area contributed by atoms with Gasteiger partial charge in [-0.3, -0.25) is 4.98 Å². The van der Waals surface area contributed by atoms with Crippen molar-refractivity contribution in [2.45, 2.75) is 19.4 Å². The number of imidazole rings is 1. The molecule has 4 heterocycles. The predicted molar refractivity (Wildman–Crippen MR) is 99.4 cm³/mol. The summed E-state index contributed by atoms with van der Waals surface area (Å²) >= 11 is 0. The zero-order valence-corrected chi connectivity index (χ0v) is 14.6. The zero-order chi connectivity index (χ0) is 17.5. The molecular weight excluding hydrogens is 328 g/mol. The summed E-state index contributed by atoms with van der Waals surface area (Å²) in [5.41, 5.74) is 4.83. The van der Waals surface area contributed by atoms with Crippen LogP contribution in [0, 0.1) is 6.92 Å². The second-order valence-corrected chi connectivity index (χ2v) is 6.81. The van der Waals surface area contributed by atoms with Gasteiger partial charge in [-0.05, 0) is 38.1 Å². The number of aromatic nitrogens is 3. The first-order chi connectivity index (χ1) is 12.7. The molecule has 0 radical (unpaired) electrons. The number of hydrogen-bond acceptors (Lipinski definition) is 5. The molecule has 1 atom stereocenters. The molecule has 0 aliphatic carbocycles. The van der Waals surface area contributed by atoms with Crippen molar-refractivity contribution in [1.29, 1.82) is 0 Å². The third kappa shape index (κ3) is 2.82. The lowest BCUT2D eigenvalue weighted by atomic mass is 10.1. The summed E-state index contributed by atoms with van der Waals surface area (Å²) in [6.45, 7) is 4.40. The maximum atomic E-state index is 6.02. The number of nitrogens with zero attached hydrogens (tertiary/aromatic N) is 3. The second kappa shape index (κ2) is 6.14. The van der Waals surface area contributed by atoms with Crippen molar-refractivity contribution in [1.82, 2.24) is 19.7 Å². The first kappa shape index (κ1) is 15.4. The smallest absolute Gasteiger partial charge is 0.155 e. The van der Waals surface area contributed by atoms with Crippen molar-refractivity contribution in [2.75, 3.05) is 19.7 Å². The number of nitrogens with one attached hydrogen (secondary N) is 1. The van der Waals surface area contributed by atoms with E-state index in [0.717, 1.165) is 59.2 Å². The van der Waals surface area contributed by atoms with Gasteiger partial charge in [0.05, 0.1) is 17.6 Å². The van der Waals surface area contributed by atoms with Crippen molar-refractivity contribution in [2.24, 2.45) is 0 Å². The Balaban J connectivity index is 1.43. The van der Waals surface area contributed by atoms with Gasteiger partial charge in [-0.25, -0.2) is 4.98 Å². The highest BCUT2D eigenvalue weighted by atomic mass is 16.5. The minimum Gasteiger partial charge on any atom is -0.489 e. The summed E-state index contributed by atoms with van der Waals surface area (Å²) in [4.78, 5) is 8.96. The Morgan fingerprint density at radius 2 is 2.27 bits per heavy atom. The highest BCUT2D eigenvalue weighted by Crippen LogP contribution is 2.33. The van der Waals surface area contributed by atoms with Gasteiger partial charge in [0.2, 0.25) is 0 Å². The molecular formula is C20H20N4O2. The molecule has 2 aromatic heterocycles. The van der Waals surface area contributed by atoms with Crippen LogP contribution in [0.15, 0.2) is 36.8 Å². The van der Waals surface area contributed by atoms with Gasteiger partial charge in [-0.2, -0.15) is 0 Å². The minimum atomic E-state index is 0.248. The molecule has 2 aliphatic rings. The molecule has 0 saturated carbocycles. The maximum absolute atomic E-state index is 6.02. The Bertz CT molecular complexity index is 1000. The molecule has 2 aliphatic heterocycles. The van der Waals surface area contributed by atoms with E-state index in [0.29, 0.717) is 6.61 Å². The van der Waals surface area contributed by atoms with Gasteiger partial charge in [-0.1, -0.05) is 0 Å². The van der Waals surface area contributed by atoms with E-state index in [1.807, 2.05) is 41.9 Å². The number of aryl methyl sites for hydroxylation is 1.